The zero-order valence-corrected chi connectivity index (χ0v) is 8.78. The van der Waals surface area contributed by atoms with E-state index in [1.165, 1.54) is 12.8 Å². The van der Waals surface area contributed by atoms with Crippen molar-refractivity contribution in [2.45, 2.75) is 51.6 Å². The first-order chi connectivity index (χ1) is 6.63. The first-order valence-corrected chi connectivity index (χ1v) is 5.54. The monoisotopic (exact) mass is 200 g/mol. The Bertz CT molecular complexity index is 183. The van der Waals surface area contributed by atoms with Crippen LogP contribution in [0.15, 0.2) is 0 Å². The van der Waals surface area contributed by atoms with Gasteiger partial charge < -0.3 is 10.2 Å². The maximum atomic E-state index is 10.7. The van der Waals surface area contributed by atoms with Gasteiger partial charge in [-0.3, -0.25) is 4.79 Å². The van der Waals surface area contributed by atoms with Crippen LogP contribution in [0.1, 0.15) is 45.4 Å². The molecule has 0 radical (unpaired) electrons. The molecule has 14 heavy (non-hydrogen) atoms. The Morgan fingerprint density at radius 2 is 1.71 bits per heavy atom. The minimum Gasteiger partial charge on any atom is -0.481 e. The molecule has 0 saturated heterocycles. The number of hydrogen-bond acceptors (Lipinski definition) is 2. The van der Waals surface area contributed by atoms with Crippen LogP contribution in [0.2, 0.25) is 0 Å². The molecule has 1 saturated carbocycles. The summed E-state index contributed by atoms with van der Waals surface area (Å²) in [5.74, 6) is -1.32. The largest absolute Gasteiger partial charge is 0.481 e. The lowest BCUT2D eigenvalue weighted by molar-refractivity contribution is -0.146. The smallest absolute Gasteiger partial charge is 0.308 e. The van der Waals surface area contributed by atoms with Gasteiger partial charge in [-0.25, -0.2) is 0 Å². The van der Waals surface area contributed by atoms with Crippen molar-refractivity contribution in [2.75, 3.05) is 0 Å². The summed E-state index contributed by atoms with van der Waals surface area (Å²) in [5, 5.41) is 18.7. The second-order valence-electron chi connectivity index (χ2n) is 4.37. The van der Waals surface area contributed by atoms with Gasteiger partial charge in [0, 0.05) is 0 Å². The molecule has 0 aromatic rings. The van der Waals surface area contributed by atoms with Gasteiger partial charge in [-0.15, -0.1) is 0 Å². The summed E-state index contributed by atoms with van der Waals surface area (Å²) >= 11 is 0. The Morgan fingerprint density at radius 3 is 2.14 bits per heavy atom. The molecule has 1 fully saturated rings. The number of carbonyl (C=O) groups is 1. The molecule has 2 unspecified atom stereocenters. The summed E-state index contributed by atoms with van der Waals surface area (Å²) in [6, 6.07) is 0. The second-order valence-corrected chi connectivity index (χ2v) is 4.37. The number of carboxylic acid groups (broad SMARTS) is 1. The summed E-state index contributed by atoms with van der Waals surface area (Å²) in [6.45, 7) is 1.60. The van der Waals surface area contributed by atoms with Crippen molar-refractivity contribution in [3.05, 3.63) is 0 Å². The number of aliphatic hydroxyl groups is 1. The summed E-state index contributed by atoms with van der Waals surface area (Å²) in [7, 11) is 0. The third kappa shape index (κ3) is 2.98. The van der Waals surface area contributed by atoms with Gasteiger partial charge in [0.15, 0.2) is 0 Å². The topological polar surface area (TPSA) is 57.5 Å². The first-order valence-electron chi connectivity index (χ1n) is 5.54. The Hall–Kier alpha value is -0.570. The van der Waals surface area contributed by atoms with Crippen molar-refractivity contribution in [1.82, 2.24) is 0 Å². The Labute approximate surface area is 85.1 Å². The molecule has 3 nitrogen and oxygen atoms in total. The molecular weight excluding hydrogens is 180 g/mol. The first kappa shape index (κ1) is 11.5. The van der Waals surface area contributed by atoms with Crippen LogP contribution in [0.5, 0.6) is 0 Å². The van der Waals surface area contributed by atoms with E-state index >= 15 is 0 Å². The van der Waals surface area contributed by atoms with Crippen LogP contribution in [0.25, 0.3) is 0 Å². The van der Waals surface area contributed by atoms with Gasteiger partial charge in [0.2, 0.25) is 0 Å². The zero-order valence-electron chi connectivity index (χ0n) is 8.78. The highest BCUT2D eigenvalue weighted by Gasteiger charge is 2.29. The normalized spacial score (nSPS) is 23.9. The predicted molar refractivity (Wildman–Crippen MR) is 54.0 cm³/mol. The molecule has 1 rings (SSSR count). The zero-order chi connectivity index (χ0) is 10.6. The van der Waals surface area contributed by atoms with Crippen LogP contribution in [0.4, 0.5) is 0 Å². The molecular formula is C11H20O3. The van der Waals surface area contributed by atoms with E-state index in [0.717, 1.165) is 25.7 Å². The van der Waals surface area contributed by atoms with E-state index in [2.05, 4.69) is 0 Å². The van der Waals surface area contributed by atoms with Gasteiger partial charge in [-0.05, 0) is 25.7 Å². The van der Waals surface area contributed by atoms with E-state index < -0.39 is 18.0 Å². The molecule has 3 heteroatoms. The van der Waals surface area contributed by atoms with Crippen molar-refractivity contribution in [3.63, 3.8) is 0 Å². The molecule has 0 amide bonds. The highest BCUT2D eigenvalue weighted by molar-refractivity contribution is 5.70. The summed E-state index contributed by atoms with van der Waals surface area (Å²) in [4.78, 5) is 10.7. The van der Waals surface area contributed by atoms with E-state index in [4.69, 9.17) is 5.11 Å². The average molecular weight is 200 g/mol. The van der Waals surface area contributed by atoms with Gasteiger partial charge in [0.25, 0.3) is 0 Å². The highest BCUT2D eigenvalue weighted by atomic mass is 16.4. The Kier molecular flexibility index (Phi) is 4.39. The molecule has 82 valence electrons. The summed E-state index contributed by atoms with van der Waals surface area (Å²) in [5.41, 5.74) is 0. The minimum absolute atomic E-state index is 0.198. The van der Waals surface area contributed by atoms with E-state index in [1.807, 2.05) is 0 Å². The van der Waals surface area contributed by atoms with Gasteiger partial charge in [-0.1, -0.05) is 25.7 Å². The third-order valence-corrected chi connectivity index (χ3v) is 3.28. The summed E-state index contributed by atoms with van der Waals surface area (Å²) in [6.07, 6.45) is 6.03. The van der Waals surface area contributed by atoms with E-state index in [-0.39, 0.29) is 5.92 Å². The molecule has 0 bridgehead atoms. The van der Waals surface area contributed by atoms with E-state index in [1.54, 1.807) is 6.92 Å². The van der Waals surface area contributed by atoms with Crippen molar-refractivity contribution in [1.29, 1.82) is 0 Å². The van der Waals surface area contributed by atoms with Crippen LogP contribution < -0.4 is 0 Å². The van der Waals surface area contributed by atoms with Crippen LogP contribution in [0.3, 0.4) is 0 Å². The summed E-state index contributed by atoms with van der Waals surface area (Å²) < 4.78 is 0. The third-order valence-electron chi connectivity index (χ3n) is 3.28. The van der Waals surface area contributed by atoms with E-state index in [9.17, 15) is 9.90 Å². The lowest BCUT2D eigenvalue weighted by Gasteiger charge is -2.24. The number of aliphatic hydroxyl groups excluding tert-OH is 1. The van der Waals surface area contributed by atoms with Crippen molar-refractivity contribution in [3.8, 4) is 0 Å². The fourth-order valence-electron chi connectivity index (χ4n) is 2.21. The molecule has 2 N–H and O–H groups in total. The molecule has 1 aliphatic rings. The molecule has 0 aliphatic heterocycles. The SMILES string of the molecule is CC(C(=O)O)C(O)C1CCCCCC1. The van der Waals surface area contributed by atoms with E-state index in [0.29, 0.717) is 0 Å². The van der Waals surface area contributed by atoms with Crippen molar-refractivity contribution in [2.24, 2.45) is 11.8 Å². The molecule has 0 aromatic heterocycles. The number of aliphatic carboxylic acids is 1. The molecule has 0 spiro atoms. The van der Waals surface area contributed by atoms with Gasteiger partial charge in [-0.2, -0.15) is 0 Å². The Morgan fingerprint density at radius 1 is 1.21 bits per heavy atom. The van der Waals surface area contributed by atoms with Gasteiger partial charge >= 0.3 is 5.97 Å². The van der Waals surface area contributed by atoms with Crippen LogP contribution in [-0.4, -0.2) is 22.3 Å². The number of rotatable bonds is 3. The van der Waals surface area contributed by atoms with Crippen LogP contribution >= 0.6 is 0 Å². The lowest BCUT2D eigenvalue weighted by atomic mass is 9.87. The molecule has 0 heterocycles. The molecule has 0 aromatic carbocycles. The highest BCUT2D eigenvalue weighted by Crippen LogP contribution is 2.28. The van der Waals surface area contributed by atoms with Gasteiger partial charge in [0.1, 0.15) is 0 Å². The minimum atomic E-state index is -0.887. The standard InChI is InChI=1S/C11H20O3/c1-8(11(13)14)10(12)9-6-4-2-3-5-7-9/h8-10,12H,2-7H2,1H3,(H,13,14). The fourth-order valence-corrected chi connectivity index (χ4v) is 2.21. The number of hydrogen-bond donors (Lipinski definition) is 2. The predicted octanol–water partition coefficient (Wildman–Crippen LogP) is 2.04. The van der Waals surface area contributed by atoms with Crippen LogP contribution in [-0.2, 0) is 4.79 Å². The maximum Gasteiger partial charge on any atom is 0.308 e. The quantitative estimate of drug-likeness (QED) is 0.685. The Balaban J connectivity index is 2.48. The molecule has 1 aliphatic carbocycles. The lowest BCUT2D eigenvalue weighted by Crippen LogP contribution is -2.32. The van der Waals surface area contributed by atoms with Crippen LogP contribution in [0, 0.1) is 11.8 Å². The van der Waals surface area contributed by atoms with Gasteiger partial charge in [0.05, 0.1) is 12.0 Å². The fraction of sp³-hybridized carbons (Fsp3) is 0.909. The molecule has 2 atom stereocenters. The number of carboxylic acids is 1. The second kappa shape index (κ2) is 5.35. The van der Waals surface area contributed by atoms with Crippen molar-refractivity contribution < 1.29 is 15.0 Å². The maximum absolute atomic E-state index is 10.7. The average Bonchev–Trinajstić information content (AvgIpc) is 2.43. The van der Waals surface area contributed by atoms with Crippen molar-refractivity contribution >= 4 is 5.97 Å².